The summed E-state index contributed by atoms with van der Waals surface area (Å²) in [5, 5.41) is 8.42. The molecule has 2 aromatic heterocycles. The average molecular weight is 304 g/mol. The van der Waals surface area contributed by atoms with Crippen molar-refractivity contribution in [2.45, 2.75) is 25.7 Å². The van der Waals surface area contributed by atoms with Crippen LogP contribution in [0.25, 0.3) is 0 Å². The SMILES string of the molecule is C[C@H](Cn1cncn1)NC(=O)Nc1nc(C(F)(F)F)co1. The number of rotatable bonds is 4. The van der Waals surface area contributed by atoms with Gasteiger partial charge in [-0.25, -0.2) is 9.78 Å². The monoisotopic (exact) mass is 304 g/mol. The lowest BCUT2D eigenvalue weighted by atomic mass is 10.3. The fourth-order valence-electron chi connectivity index (χ4n) is 1.47. The van der Waals surface area contributed by atoms with E-state index in [4.69, 9.17) is 0 Å². The number of urea groups is 1. The predicted octanol–water partition coefficient (Wildman–Crippen LogP) is 1.50. The minimum atomic E-state index is -4.62. The molecule has 0 fully saturated rings. The molecule has 2 amide bonds. The van der Waals surface area contributed by atoms with Crippen molar-refractivity contribution in [3.63, 3.8) is 0 Å². The van der Waals surface area contributed by atoms with Crippen LogP contribution in [0.1, 0.15) is 12.6 Å². The summed E-state index contributed by atoms with van der Waals surface area (Å²) < 4.78 is 42.9. The normalized spacial score (nSPS) is 13.0. The van der Waals surface area contributed by atoms with Crippen molar-refractivity contribution in [3.8, 4) is 0 Å². The molecule has 21 heavy (non-hydrogen) atoms. The van der Waals surface area contributed by atoms with Crippen LogP contribution in [0.15, 0.2) is 23.3 Å². The van der Waals surface area contributed by atoms with Crippen LogP contribution in [0.4, 0.5) is 24.0 Å². The first-order chi connectivity index (χ1) is 9.84. The number of hydrogen-bond donors (Lipinski definition) is 2. The van der Waals surface area contributed by atoms with E-state index in [1.807, 2.05) is 0 Å². The largest absolute Gasteiger partial charge is 0.436 e. The highest BCUT2D eigenvalue weighted by Gasteiger charge is 2.35. The fourth-order valence-corrected chi connectivity index (χ4v) is 1.47. The summed E-state index contributed by atoms with van der Waals surface area (Å²) in [7, 11) is 0. The van der Waals surface area contributed by atoms with E-state index in [0.29, 0.717) is 12.8 Å². The van der Waals surface area contributed by atoms with E-state index in [1.165, 1.54) is 17.3 Å². The number of aromatic nitrogens is 4. The maximum Gasteiger partial charge on any atom is 0.436 e. The molecule has 2 N–H and O–H groups in total. The number of nitrogens with zero attached hydrogens (tertiary/aromatic N) is 4. The zero-order chi connectivity index (χ0) is 15.5. The van der Waals surface area contributed by atoms with Gasteiger partial charge in [-0.2, -0.15) is 23.3 Å². The van der Waals surface area contributed by atoms with Gasteiger partial charge in [0, 0.05) is 6.04 Å². The van der Waals surface area contributed by atoms with E-state index in [2.05, 4.69) is 30.1 Å². The average Bonchev–Trinajstić information content (AvgIpc) is 2.98. The Kier molecular flexibility index (Phi) is 4.10. The Morgan fingerprint density at radius 2 is 2.29 bits per heavy atom. The van der Waals surface area contributed by atoms with E-state index in [-0.39, 0.29) is 6.04 Å². The van der Waals surface area contributed by atoms with Crippen molar-refractivity contribution >= 4 is 12.0 Å². The van der Waals surface area contributed by atoms with Crippen LogP contribution in [0.2, 0.25) is 0 Å². The first-order valence-corrected chi connectivity index (χ1v) is 5.77. The van der Waals surface area contributed by atoms with Crippen LogP contribution in [-0.4, -0.2) is 31.8 Å². The Hall–Kier alpha value is -2.59. The zero-order valence-corrected chi connectivity index (χ0v) is 10.8. The molecule has 11 heteroatoms. The second kappa shape index (κ2) is 5.81. The Bertz CT molecular complexity index is 594. The van der Waals surface area contributed by atoms with Gasteiger partial charge in [0.15, 0.2) is 5.69 Å². The van der Waals surface area contributed by atoms with Crippen LogP contribution < -0.4 is 10.6 Å². The van der Waals surface area contributed by atoms with E-state index in [1.54, 1.807) is 6.92 Å². The molecule has 0 unspecified atom stereocenters. The maximum atomic E-state index is 12.3. The summed E-state index contributed by atoms with van der Waals surface area (Å²) in [4.78, 5) is 18.4. The predicted molar refractivity (Wildman–Crippen MR) is 63.1 cm³/mol. The van der Waals surface area contributed by atoms with Gasteiger partial charge in [-0.3, -0.25) is 10.00 Å². The smallest absolute Gasteiger partial charge is 0.431 e. The van der Waals surface area contributed by atoms with Crippen molar-refractivity contribution in [2.75, 3.05) is 5.32 Å². The second-order valence-electron chi connectivity index (χ2n) is 4.15. The number of hydrogen-bond acceptors (Lipinski definition) is 5. The van der Waals surface area contributed by atoms with E-state index in [9.17, 15) is 18.0 Å². The summed E-state index contributed by atoms with van der Waals surface area (Å²) in [5.74, 6) is 0. The molecule has 2 heterocycles. The molecule has 0 saturated carbocycles. The zero-order valence-electron chi connectivity index (χ0n) is 10.8. The number of anilines is 1. The minimum absolute atomic E-state index is 0.330. The summed E-state index contributed by atoms with van der Waals surface area (Å²) in [6, 6.07) is -1.60. The number of halogens is 3. The third-order valence-corrected chi connectivity index (χ3v) is 2.32. The van der Waals surface area contributed by atoms with E-state index in [0.717, 1.165) is 0 Å². The number of carbonyl (C=O) groups excluding carboxylic acids is 1. The first-order valence-electron chi connectivity index (χ1n) is 5.77. The van der Waals surface area contributed by atoms with Crippen molar-refractivity contribution in [1.29, 1.82) is 0 Å². The molecule has 0 bridgehead atoms. The van der Waals surface area contributed by atoms with Crippen LogP contribution in [0.3, 0.4) is 0 Å². The van der Waals surface area contributed by atoms with Gasteiger partial charge in [0.05, 0.1) is 6.54 Å². The van der Waals surface area contributed by atoms with Gasteiger partial charge in [-0.15, -0.1) is 0 Å². The molecule has 1 atom stereocenters. The summed E-state index contributed by atoms with van der Waals surface area (Å²) >= 11 is 0. The maximum absolute atomic E-state index is 12.3. The quantitative estimate of drug-likeness (QED) is 0.892. The number of amides is 2. The van der Waals surface area contributed by atoms with Crippen LogP contribution in [0.5, 0.6) is 0 Å². The highest BCUT2D eigenvalue weighted by Crippen LogP contribution is 2.29. The van der Waals surface area contributed by atoms with Gasteiger partial charge in [0.1, 0.15) is 18.9 Å². The van der Waals surface area contributed by atoms with Gasteiger partial charge in [-0.1, -0.05) is 0 Å². The lowest BCUT2D eigenvalue weighted by Gasteiger charge is -2.13. The first kappa shape index (κ1) is 14.8. The molecular formula is C10H11F3N6O2. The number of carbonyl (C=O) groups is 1. The molecule has 0 radical (unpaired) electrons. The van der Waals surface area contributed by atoms with Gasteiger partial charge >= 0.3 is 18.2 Å². The molecule has 2 rings (SSSR count). The van der Waals surface area contributed by atoms with Gasteiger partial charge in [0.2, 0.25) is 0 Å². The summed E-state index contributed by atoms with van der Waals surface area (Å²) in [6.07, 6.45) is -1.38. The molecule has 8 nitrogen and oxygen atoms in total. The van der Waals surface area contributed by atoms with Crippen LogP contribution >= 0.6 is 0 Å². The van der Waals surface area contributed by atoms with Crippen molar-refractivity contribution < 1.29 is 22.4 Å². The number of nitrogens with one attached hydrogen (secondary N) is 2. The van der Waals surface area contributed by atoms with Crippen LogP contribution in [-0.2, 0) is 12.7 Å². The third kappa shape index (κ3) is 4.19. The standard InChI is InChI=1S/C10H11F3N6O2/c1-6(2-19-5-14-4-15-19)16-8(20)18-9-17-7(3-21-9)10(11,12)13/h3-6H,2H2,1H3,(H2,16,17,18,20)/t6-/m1/s1. The molecule has 0 aliphatic rings. The summed E-state index contributed by atoms with van der Waals surface area (Å²) in [5.41, 5.74) is -1.21. The van der Waals surface area contributed by atoms with E-state index >= 15 is 0 Å². The Labute approximate surface area is 116 Å². The van der Waals surface area contributed by atoms with Gasteiger partial charge < -0.3 is 9.73 Å². The molecule has 0 aromatic carbocycles. The Morgan fingerprint density at radius 1 is 1.52 bits per heavy atom. The Morgan fingerprint density at radius 3 is 2.86 bits per heavy atom. The highest BCUT2D eigenvalue weighted by molar-refractivity contribution is 5.87. The van der Waals surface area contributed by atoms with Gasteiger partial charge in [0.25, 0.3) is 0 Å². The molecule has 2 aromatic rings. The molecule has 114 valence electrons. The minimum Gasteiger partial charge on any atom is -0.431 e. The van der Waals surface area contributed by atoms with Crippen LogP contribution in [0, 0.1) is 0 Å². The highest BCUT2D eigenvalue weighted by atomic mass is 19.4. The van der Waals surface area contributed by atoms with E-state index < -0.39 is 23.9 Å². The molecule has 0 aliphatic carbocycles. The molecule has 0 aliphatic heterocycles. The molecule has 0 spiro atoms. The number of alkyl halides is 3. The van der Waals surface area contributed by atoms with Gasteiger partial charge in [-0.05, 0) is 6.92 Å². The Balaban J connectivity index is 1.85. The summed E-state index contributed by atoms with van der Waals surface area (Å²) in [6.45, 7) is 2.05. The fraction of sp³-hybridized carbons (Fsp3) is 0.400. The number of oxazole rings is 1. The van der Waals surface area contributed by atoms with Crippen molar-refractivity contribution in [1.82, 2.24) is 25.1 Å². The van der Waals surface area contributed by atoms with Crippen molar-refractivity contribution in [3.05, 3.63) is 24.6 Å². The third-order valence-electron chi connectivity index (χ3n) is 2.32. The lowest BCUT2D eigenvalue weighted by molar-refractivity contribution is -0.141. The van der Waals surface area contributed by atoms with Crippen molar-refractivity contribution in [2.24, 2.45) is 0 Å². The molecule has 0 saturated heterocycles. The second-order valence-corrected chi connectivity index (χ2v) is 4.15. The lowest BCUT2D eigenvalue weighted by Crippen LogP contribution is -2.38. The molecular weight excluding hydrogens is 293 g/mol. The topological polar surface area (TPSA) is 97.9 Å².